The number of benzene rings is 11. The summed E-state index contributed by atoms with van der Waals surface area (Å²) in [6.07, 6.45) is 0. The van der Waals surface area contributed by atoms with Crippen LogP contribution in [-0.4, -0.2) is 0 Å². The molecule has 0 saturated heterocycles. The fraction of sp³-hybridized carbons (Fsp3) is 0. The summed E-state index contributed by atoms with van der Waals surface area (Å²) in [7, 11) is 0. The first-order valence-electron chi connectivity index (χ1n) is 20.6. The van der Waals surface area contributed by atoms with E-state index < -0.39 is 0 Å². The number of hydrogen-bond donors (Lipinski definition) is 0. The molecule has 0 aliphatic heterocycles. The molecule has 0 unspecified atom stereocenters. The Labute approximate surface area is 352 Å². The van der Waals surface area contributed by atoms with Crippen molar-refractivity contribution in [2.75, 3.05) is 4.90 Å². The highest BCUT2D eigenvalue weighted by Gasteiger charge is 2.20. The normalized spacial score (nSPS) is 11.7. The predicted octanol–water partition coefficient (Wildman–Crippen LogP) is 17.1. The zero-order chi connectivity index (χ0) is 39.6. The van der Waals surface area contributed by atoms with Gasteiger partial charge in [-0.2, -0.15) is 0 Å². The lowest BCUT2D eigenvalue weighted by atomic mass is 9.92. The molecule has 0 fully saturated rings. The van der Waals surface area contributed by atoms with Gasteiger partial charge in [-0.1, -0.05) is 176 Å². The molecule has 12 rings (SSSR count). The van der Waals surface area contributed by atoms with Crippen molar-refractivity contribution in [3.63, 3.8) is 0 Å². The summed E-state index contributed by atoms with van der Waals surface area (Å²) >= 11 is 1.89. The van der Waals surface area contributed by atoms with E-state index in [-0.39, 0.29) is 0 Å². The molecule has 0 N–H and O–H groups in total. The molecule has 1 aromatic heterocycles. The Kier molecular flexibility index (Phi) is 8.11. The smallest absolute Gasteiger partial charge is 0.0554 e. The molecule has 1 heterocycles. The molecular weight excluding hydrogens is 743 g/mol. The summed E-state index contributed by atoms with van der Waals surface area (Å²) in [6.45, 7) is 0. The van der Waals surface area contributed by atoms with E-state index in [0.717, 1.165) is 11.4 Å². The van der Waals surface area contributed by atoms with E-state index in [1.165, 1.54) is 102 Å². The highest BCUT2D eigenvalue weighted by molar-refractivity contribution is 7.26. The third-order valence-electron chi connectivity index (χ3n) is 12.2. The first-order valence-corrected chi connectivity index (χ1v) is 21.4. The molecule has 0 saturated carbocycles. The summed E-state index contributed by atoms with van der Waals surface area (Å²) in [6, 6.07) is 82.4. The molecular formula is C58H37NS. The molecule has 2 heteroatoms. The van der Waals surface area contributed by atoms with Crippen molar-refractivity contribution >= 4 is 91.7 Å². The van der Waals surface area contributed by atoms with Crippen molar-refractivity contribution in [3.8, 4) is 33.4 Å². The van der Waals surface area contributed by atoms with Crippen LogP contribution in [0.2, 0.25) is 0 Å². The molecule has 11 aromatic carbocycles. The number of rotatable bonds is 6. The maximum atomic E-state index is 2.44. The van der Waals surface area contributed by atoms with Crippen LogP contribution in [0.15, 0.2) is 224 Å². The quantitative estimate of drug-likeness (QED) is 0.152. The lowest BCUT2D eigenvalue weighted by Crippen LogP contribution is -2.10. The van der Waals surface area contributed by atoms with E-state index in [4.69, 9.17) is 0 Å². The summed E-state index contributed by atoms with van der Waals surface area (Å²) in [5, 5.41) is 12.8. The number of hydrogen-bond acceptors (Lipinski definition) is 2. The molecule has 0 bridgehead atoms. The lowest BCUT2D eigenvalue weighted by Gasteiger charge is -2.27. The topological polar surface area (TPSA) is 3.24 Å². The van der Waals surface area contributed by atoms with Gasteiger partial charge in [-0.15, -0.1) is 11.3 Å². The zero-order valence-corrected chi connectivity index (χ0v) is 33.5. The third kappa shape index (κ3) is 5.76. The third-order valence-corrected chi connectivity index (χ3v) is 13.4. The van der Waals surface area contributed by atoms with E-state index in [2.05, 4.69) is 229 Å². The van der Waals surface area contributed by atoms with E-state index in [1.807, 2.05) is 11.3 Å². The van der Waals surface area contributed by atoms with Crippen LogP contribution in [0.4, 0.5) is 17.1 Å². The monoisotopic (exact) mass is 779 g/mol. The van der Waals surface area contributed by atoms with Crippen molar-refractivity contribution in [3.05, 3.63) is 224 Å². The van der Waals surface area contributed by atoms with Crippen LogP contribution in [0.3, 0.4) is 0 Å². The van der Waals surface area contributed by atoms with Gasteiger partial charge >= 0.3 is 0 Å². The Hall–Kier alpha value is -7.52. The molecule has 1 nitrogen and oxygen atoms in total. The van der Waals surface area contributed by atoms with Crippen LogP contribution in [0, 0.1) is 0 Å². The summed E-state index contributed by atoms with van der Waals surface area (Å²) in [4.78, 5) is 2.44. The average molecular weight is 780 g/mol. The number of fused-ring (bicyclic) bond motifs is 9. The minimum absolute atomic E-state index is 1.11. The van der Waals surface area contributed by atoms with Crippen LogP contribution < -0.4 is 4.90 Å². The van der Waals surface area contributed by atoms with Gasteiger partial charge in [-0.05, 0) is 125 Å². The van der Waals surface area contributed by atoms with Crippen LogP contribution in [-0.2, 0) is 0 Å². The molecule has 0 spiro atoms. The van der Waals surface area contributed by atoms with Gasteiger partial charge in [-0.25, -0.2) is 0 Å². The van der Waals surface area contributed by atoms with Crippen molar-refractivity contribution in [2.24, 2.45) is 0 Å². The Morgan fingerprint density at radius 1 is 0.300 bits per heavy atom. The van der Waals surface area contributed by atoms with E-state index in [1.54, 1.807) is 0 Å². The largest absolute Gasteiger partial charge is 0.310 e. The van der Waals surface area contributed by atoms with E-state index in [9.17, 15) is 0 Å². The highest BCUT2D eigenvalue weighted by atomic mass is 32.1. The molecule has 0 aliphatic carbocycles. The molecule has 0 aliphatic rings. The van der Waals surface area contributed by atoms with Crippen LogP contribution in [0.5, 0.6) is 0 Å². The fourth-order valence-electron chi connectivity index (χ4n) is 9.26. The Morgan fingerprint density at radius 3 is 1.57 bits per heavy atom. The van der Waals surface area contributed by atoms with Gasteiger partial charge in [0, 0.05) is 31.5 Å². The first kappa shape index (κ1) is 34.5. The van der Waals surface area contributed by atoms with Gasteiger partial charge in [-0.3, -0.25) is 0 Å². The Balaban J connectivity index is 0.954. The van der Waals surface area contributed by atoms with E-state index >= 15 is 0 Å². The second-order valence-corrected chi connectivity index (χ2v) is 16.7. The number of anilines is 3. The van der Waals surface area contributed by atoms with Gasteiger partial charge in [0.2, 0.25) is 0 Å². The van der Waals surface area contributed by atoms with Crippen LogP contribution in [0.25, 0.3) is 96.6 Å². The van der Waals surface area contributed by atoms with Crippen LogP contribution >= 0.6 is 11.3 Å². The Bertz CT molecular complexity index is 3580. The lowest BCUT2D eigenvalue weighted by molar-refractivity contribution is 1.30. The van der Waals surface area contributed by atoms with Gasteiger partial charge < -0.3 is 4.90 Å². The molecule has 0 amide bonds. The SMILES string of the molecule is c1ccc2cc(-c3ccc(N(c4ccc(-c5ccc(-c6cc7ccccc7c7ccccc67)cc5)cc4)c4cccc5sc6c7ccccc7ccc6c45)cc3)ccc2c1. The van der Waals surface area contributed by atoms with Crippen molar-refractivity contribution in [1.82, 2.24) is 0 Å². The average Bonchev–Trinajstić information content (AvgIpc) is 3.72. The van der Waals surface area contributed by atoms with Gasteiger partial charge in [0.05, 0.1) is 5.69 Å². The van der Waals surface area contributed by atoms with Gasteiger partial charge in [0.1, 0.15) is 0 Å². The molecule has 0 atom stereocenters. The summed E-state index contributed by atoms with van der Waals surface area (Å²) in [5.41, 5.74) is 10.7. The number of nitrogens with zero attached hydrogens (tertiary/aromatic N) is 1. The van der Waals surface area contributed by atoms with Crippen molar-refractivity contribution in [2.45, 2.75) is 0 Å². The minimum Gasteiger partial charge on any atom is -0.310 e. The highest BCUT2D eigenvalue weighted by Crippen LogP contribution is 2.47. The molecule has 60 heavy (non-hydrogen) atoms. The molecule has 280 valence electrons. The summed E-state index contributed by atoms with van der Waals surface area (Å²) < 4.78 is 2.62. The van der Waals surface area contributed by atoms with Crippen LogP contribution in [0.1, 0.15) is 0 Å². The maximum Gasteiger partial charge on any atom is 0.0554 e. The number of thiophene rings is 1. The second-order valence-electron chi connectivity index (χ2n) is 15.7. The predicted molar refractivity (Wildman–Crippen MR) is 260 cm³/mol. The first-order chi connectivity index (χ1) is 29.7. The minimum atomic E-state index is 1.11. The van der Waals surface area contributed by atoms with Crippen molar-refractivity contribution in [1.29, 1.82) is 0 Å². The van der Waals surface area contributed by atoms with E-state index in [0.29, 0.717) is 0 Å². The van der Waals surface area contributed by atoms with Crippen molar-refractivity contribution < 1.29 is 0 Å². The zero-order valence-electron chi connectivity index (χ0n) is 32.7. The fourth-order valence-corrected chi connectivity index (χ4v) is 10.5. The Morgan fingerprint density at radius 2 is 0.833 bits per heavy atom. The maximum absolute atomic E-state index is 2.44. The second kappa shape index (κ2) is 14.1. The van der Waals surface area contributed by atoms with Gasteiger partial charge in [0.15, 0.2) is 0 Å². The standard InChI is InChI=1S/C58H37NS/c1-2-12-44-36-45(25-22-38(44)10-1)41-28-33-48(34-29-41)59(55-18-9-19-56-57(55)53-35-30-42-11-3-6-15-50(42)58(53)60-56)47-31-26-40(27-32-47)39-20-23-43(24-21-39)54-37-46-13-4-5-14-49(46)51-16-7-8-17-52(51)54/h1-37H. The van der Waals surface area contributed by atoms with Gasteiger partial charge in [0.25, 0.3) is 0 Å². The summed E-state index contributed by atoms with van der Waals surface area (Å²) in [5.74, 6) is 0. The molecule has 0 radical (unpaired) electrons. The molecule has 12 aromatic rings.